The highest BCUT2D eigenvalue weighted by Crippen LogP contribution is 2.36. The van der Waals surface area contributed by atoms with Crippen molar-refractivity contribution in [2.75, 3.05) is 11.5 Å². The normalized spacial score (nSPS) is 26.0. The first-order chi connectivity index (χ1) is 8.93. The standard InChI is InChI=1S/C11H10ClNO3S3/c12-6-1-2-9-7(3-6)13-11(17-9)18-10-5-19(15,16)4-8(10)14/h1-3,8,10,14H,4-5H2/t8-,10+/m1/s1. The summed E-state index contributed by atoms with van der Waals surface area (Å²) in [4.78, 5) is 4.41. The first kappa shape index (κ1) is 13.6. The number of nitrogens with zero attached hydrogens (tertiary/aromatic N) is 1. The number of aromatic nitrogens is 1. The molecule has 1 aliphatic rings. The maximum Gasteiger partial charge on any atom is 0.154 e. The monoisotopic (exact) mass is 335 g/mol. The molecule has 2 aromatic rings. The molecule has 1 N–H and O–H groups in total. The fourth-order valence-corrected chi connectivity index (χ4v) is 6.94. The van der Waals surface area contributed by atoms with Gasteiger partial charge < -0.3 is 5.11 Å². The number of hydrogen-bond donors (Lipinski definition) is 1. The van der Waals surface area contributed by atoms with Crippen molar-refractivity contribution in [2.24, 2.45) is 0 Å². The molecule has 102 valence electrons. The Kier molecular flexibility index (Phi) is 3.51. The number of benzene rings is 1. The van der Waals surface area contributed by atoms with Gasteiger partial charge in [-0.15, -0.1) is 11.3 Å². The highest BCUT2D eigenvalue weighted by molar-refractivity contribution is 8.03. The van der Waals surface area contributed by atoms with Crippen molar-refractivity contribution in [3.8, 4) is 0 Å². The number of thiazole rings is 1. The highest BCUT2D eigenvalue weighted by Gasteiger charge is 2.37. The van der Waals surface area contributed by atoms with E-state index < -0.39 is 15.9 Å². The molecule has 0 unspecified atom stereocenters. The fourth-order valence-electron chi connectivity index (χ4n) is 1.97. The van der Waals surface area contributed by atoms with E-state index in [1.807, 2.05) is 6.07 Å². The number of aliphatic hydroxyl groups is 1. The van der Waals surface area contributed by atoms with Crippen molar-refractivity contribution in [2.45, 2.75) is 15.7 Å². The smallest absolute Gasteiger partial charge is 0.154 e. The van der Waals surface area contributed by atoms with Crippen LogP contribution in [0, 0.1) is 0 Å². The Hall–Kier alpha value is -0.340. The third-order valence-electron chi connectivity index (χ3n) is 2.85. The minimum Gasteiger partial charge on any atom is -0.391 e. The second kappa shape index (κ2) is 4.89. The van der Waals surface area contributed by atoms with E-state index in [9.17, 15) is 13.5 Å². The lowest BCUT2D eigenvalue weighted by atomic mass is 10.3. The number of fused-ring (bicyclic) bond motifs is 1. The topological polar surface area (TPSA) is 67.3 Å². The van der Waals surface area contributed by atoms with Crippen LogP contribution in [0.25, 0.3) is 10.2 Å². The molecular formula is C11H10ClNO3S3. The van der Waals surface area contributed by atoms with Crippen LogP contribution in [0.3, 0.4) is 0 Å². The molecule has 4 nitrogen and oxygen atoms in total. The third-order valence-corrected chi connectivity index (χ3v) is 7.46. The maximum atomic E-state index is 11.5. The van der Waals surface area contributed by atoms with Gasteiger partial charge in [0.1, 0.15) is 0 Å². The van der Waals surface area contributed by atoms with Crippen LogP contribution in [0.5, 0.6) is 0 Å². The average Bonchev–Trinajstić information content (AvgIpc) is 2.79. The summed E-state index contributed by atoms with van der Waals surface area (Å²) in [6.07, 6.45) is -0.814. The molecule has 1 aromatic carbocycles. The molecule has 1 fully saturated rings. The van der Waals surface area contributed by atoms with Crippen LogP contribution < -0.4 is 0 Å². The highest BCUT2D eigenvalue weighted by atomic mass is 35.5. The van der Waals surface area contributed by atoms with Crippen LogP contribution in [0.15, 0.2) is 22.5 Å². The predicted octanol–water partition coefficient (Wildman–Crippen LogP) is 2.20. The van der Waals surface area contributed by atoms with Crippen LogP contribution in [-0.2, 0) is 9.84 Å². The van der Waals surface area contributed by atoms with Gasteiger partial charge in [-0.05, 0) is 18.2 Å². The van der Waals surface area contributed by atoms with Crippen molar-refractivity contribution in [1.82, 2.24) is 4.98 Å². The molecule has 8 heteroatoms. The lowest BCUT2D eigenvalue weighted by molar-refractivity contribution is 0.207. The first-order valence-electron chi connectivity index (χ1n) is 5.54. The van der Waals surface area contributed by atoms with Gasteiger partial charge in [0.05, 0.1) is 33.1 Å². The zero-order valence-corrected chi connectivity index (χ0v) is 12.8. The Morgan fingerprint density at radius 1 is 1.42 bits per heavy atom. The molecule has 0 amide bonds. The molecule has 1 saturated heterocycles. The molecule has 3 rings (SSSR count). The van der Waals surface area contributed by atoms with Crippen molar-refractivity contribution in [3.63, 3.8) is 0 Å². The van der Waals surface area contributed by atoms with Gasteiger partial charge in [0.2, 0.25) is 0 Å². The van der Waals surface area contributed by atoms with Crippen LogP contribution in [0.2, 0.25) is 5.02 Å². The summed E-state index contributed by atoms with van der Waals surface area (Å²) in [6, 6.07) is 5.46. The van der Waals surface area contributed by atoms with E-state index in [0.29, 0.717) is 5.02 Å². The van der Waals surface area contributed by atoms with Crippen LogP contribution >= 0.6 is 34.7 Å². The van der Waals surface area contributed by atoms with Crippen molar-refractivity contribution in [1.29, 1.82) is 0 Å². The second-order valence-corrected chi connectivity index (χ2v) is 9.50. The van der Waals surface area contributed by atoms with Crippen LogP contribution in [0.1, 0.15) is 0 Å². The van der Waals surface area contributed by atoms with E-state index in [2.05, 4.69) is 4.98 Å². The largest absolute Gasteiger partial charge is 0.391 e. The molecule has 0 bridgehead atoms. The van der Waals surface area contributed by atoms with Crippen LogP contribution in [-0.4, -0.2) is 41.4 Å². The number of halogens is 1. The van der Waals surface area contributed by atoms with Crippen molar-refractivity contribution < 1.29 is 13.5 Å². The summed E-state index contributed by atoms with van der Waals surface area (Å²) in [6.45, 7) is 0. The van der Waals surface area contributed by atoms with Gasteiger partial charge in [-0.25, -0.2) is 13.4 Å². The summed E-state index contributed by atoms with van der Waals surface area (Å²) >= 11 is 8.71. The molecule has 2 atom stereocenters. The summed E-state index contributed by atoms with van der Waals surface area (Å²) in [5.74, 6) is -0.142. The lowest BCUT2D eigenvalue weighted by Crippen LogP contribution is -2.19. The number of sulfone groups is 1. The Balaban J connectivity index is 1.86. The summed E-state index contributed by atoms with van der Waals surface area (Å²) in [7, 11) is -3.12. The Morgan fingerprint density at radius 2 is 2.21 bits per heavy atom. The molecular weight excluding hydrogens is 326 g/mol. The van der Waals surface area contributed by atoms with Gasteiger partial charge in [0, 0.05) is 5.02 Å². The zero-order chi connectivity index (χ0) is 13.6. The minimum absolute atomic E-state index is 0.00944. The quantitative estimate of drug-likeness (QED) is 0.911. The summed E-state index contributed by atoms with van der Waals surface area (Å²) < 4.78 is 24.7. The third kappa shape index (κ3) is 2.90. The molecule has 2 heterocycles. The van der Waals surface area contributed by atoms with E-state index in [4.69, 9.17) is 11.6 Å². The maximum absolute atomic E-state index is 11.5. The molecule has 19 heavy (non-hydrogen) atoms. The van der Waals surface area contributed by atoms with E-state index >= 15 is 0 Å². The van der Waals surface area contributed by atoms with Crippen LogP contribution in [0.4, 0.5) is 0 Å². The first-order valence-corrected chi connectivity index (χ1v) is 9.44. The summed E-state index contributed by atoms with van der Waals surface area (Å²) in [5, 5.41) is 10.1. The molecule has 0 spiro atoms. The molecule has 0 saturated carbocycles. The van der Waals surface area contributed by atoms with Gasteiger partial charge in [-0.3, -0.25) is 0 Å². The van der Waals surface area contributed by atoms with E-state index in [0.717, 1.165) is 14.6 Å². The van der Waals surface area contributed by atoms with Gasteiger partial charge >= 0.3 is 0 Å². The van der Waals surface area contributed by atoms with E-state index in [1.165, 1.54) is 23.1 Å². The van der Waals surface area contributed by atoms with Gasteiger partial charge in [-0.2, -0.15) is 0 Å². The van der Waals surface area contributed by atoms with Gasteiger partial charge in [0.25, 0.3) is 0 Å². The molecule has 1 aliphatic heterocycles. The SMILES string of the molecule is O=S1(=O)C[C@@H](O)[C@@H](Sc2nc3cc(Cl)ccc3s2)C1. The number of hydrogen-bond acceptors (Lipinski definition) is 6. The van der Waals surface area contributed by atoms with Crippen molar-refractivity contribution >= 4 is 54.8 Å². The summed E-state index contributed by atoms with van der Waals surface area (Å²) in [5.41, 5.74) is 0.801. The van der Waals surface area contributed by atoms with Gasteiger partial charge in [0.15, 0.2) is 14.2 Å². The Morgan fingerprint density at radius 3 is 2.89 bits per heavy atom. The Bertz CT molecular complexity index is 728. The number of thioether (sulfide) groups is 1. The van der Waals surface area contributed by atoms with E-state index in [1.54, 1.807) is 12.1 Å². The average molecular weight is 336 g/mol. The molecule has 0 radical (unpaired) electrons. The lowest BCUT2D eigenvalue weighted by Gasteiger charge is -2.08. The number of aliphatic hydroxyl groups excluding tert-OH is 1. The van der Waals surface area contributed by atoms with E-state index in [-0.39, 0.29) is 16.8 Å². The minimum atomic E-state index is -3.12. The predicted molar refractivity (Wildman–Crippen MR) is 78.9 cm³/mol. The van der Waals surface area contributed by atoms with Gasteiger partial charge in [-0.1, -0.05) is 23.4 Å². The zero-order valence-electron chi connectivity index (χ0n) is 9.61. The molecule has 0 aliphatic carbocycles. The molecule has 1 aromatic heterocycles. The van der Waals surface area contributed by atoms with Crippen molar-refractivity contribution in [3.05, 3.63) is 23.2 Å². The number of rotatable bonds is 2. The Labute approximate surface area is 123 Å². The fraction of sp³-hybridized carbons (Fsp3) is 0.364. The second-order valence-electron chi connectivity index (χ2n) is 4.39.